The quantitative estimate of drug-likeness (QED) is 0.636. The molecule has 2 atom stereocenters. The third-order valence-corrected chi connectivity index (χ3v) is 2.26. The first-order chi connectivity index (χ1) is 7.10. The third-order valence-electron chi connectivity index (χ3n) is 2.26. The lowest BCUT2D eigenvalue weighted by molar-refractivity contribution is -0.122. The van der Waals surface area contributed by atoms with Crippen LogP contribution < -0.4 is 5.32 Å². The van der Waals surface area contributed by atoms with Crippen molar-refractivity contribution in [3.8, 4) is 0 Å². The van der Waals surface area contributed by atoms with Crippen molar-refractivity contribution < 1.29 is 14.6 Å². The first-order valence-corrected chi connectivity index (χ1v) is 5.53. The minimum absolute atomic E-state index is 0.0304. The highest BCUT2D eigenvalue weighted by Crippen LogP contribution is 2.01. The fourth-order valence-corrected chi connectivity index (χ4v) is 1.31. The molecule has 0 aliphatic rings. The van der Waals surface area contributed by atoms with Crippen molar-refractivity contribution in [2.24, 2.45) is 5.92 Å². The molecule has 0 aliphatic heterocycles. The van der Waals surface area contributed by atoms with Gasteiger partial charge in [0.2, 0.25) is 5.91 Å². The Kier molecular flexibility index (Phi) is 8.33. The average Bonchev–Trinajstić information content (AvgIpc) is 2.17. The second-order valence-corrected chi connectivity index (χ2v) is 3.97. The van der Waals surface area contributed by atoms with Crippen LogP contribution in [-0.2, 0) is 9.53 Å². The number of amides is 1. The van der Waals surface area contributed by atoms with Crippen LogP contribution in [0.3, 0.4) is 0 Å². The molecule has 4 heteroatoms. The van der Waals surface area contributed by atoms with E-state index in [9.17, 15) is 9.90 Å². The van der Waals surface area contributed by atoms with E-state index >= 15 is 0 Å². The SMILES string of the molecule is CCC(O)CCNC(=O)CC(C)COC. The molecule has 0 spiro atoms. The van der Waals surface area contributed by atoms with Crippen LogP contribution in [0.5, 0.6) is 0 Å². The number of methoxy groups -OCH3 is 1. The molecule has 2 N–H and O–H groups in total. The van der Waals surface area contributed by atoms with Crippen LogP contribution in [0.2, 0.25) is 0 Å². The molecule has 0 aromatic carbocycles. The first kappa shape index (κ1) is 14.4. The van der Waals surface area contributed by atoms with Crippen LogP contribution in [0.4, 0.5) is 0 Å². The minimum Gasteiger partial charge on any atom is -0.393 e. The summed E-state index contributed by atoms with van der Waals surface area (Å²) in [4.78, 5) is 11.3. The molecular weight excluding hydrogens is 194 g/mol. The number of hydrogen-bond acceptors (Lipinski definition) is 3. The van der Waals surface area contributed by atoms with Gasteiger partial charge < -0.3 is 15.2 Å². The molecule has 0 saturated carbocycles. The summed E-state index contributed by atoms with van der Waals surface area (Å²) in [6, 6.07) is 0. The lowest BCUT2D eigenvalue weighted by Crippen LogP contribution is -2.28. The molecule has 0 heterocycles. The van der Waals surface area contributed by atoms with Gasteiger partial charge in [0.15, 0.2) is 0 Å². The van der Waals surface area contributed by atoms with E-state index in [1.807, 2.05) is 13.8 Å². The summed E-state index contributed by atoms with van der Waals surface area (Å²) in [5.74, 6) is 0.272. The molecule has 0 aromatic heterocycles. The van der Waals surface area contributed by atoms with E-state index in [4.69, 9.17) is 4.74 Å². The van der Waals surface area contributed by atoms with Crippen LogP contribution in [0.25, 0.3) is 0 Å². The summed E-state index contributed by atoms with van der Waals surface area (Å²) >= 11 is 0. The number of carbonyl (C=O) groups is 1. The van der Waals surface area contributed by atoms with Crippen molar-refractivity contribution in [3.05, 3.63) is 0 Å². The highest BCUT2D eigenvalue weighted by atomic mass is 16.5. The Morgan fingerprint density at radius 3 is 2.73 bits per heavy atom. The Balaban J connectivity index is 3.48. The second-order valence-electron chi connectivity index (χ2n) is 3.97. The molecule has 0 rings (SSSR count). The smallest absolute Gasteiger partial charge is 0.220 e. The predicted octanol–water partition coefficient (Wildman–Crippen LogP) is 0.936. The van der Waals surface area contributed by atoms with Gasteiger partial charge in [0, 0.05) is 26.7 Å². The zero-order valence-corrected chi connectivity index (χ0v) is 9.95. The summed E-state index contributed by atoms with van der Waals surface area (Å²) in [7, 11) is 1.63. The van der Waals surface area contributed by atoms with Crippen molar-refractivity contribution in [3.63, 3.8) is 0 Å². The molecule has 0 aromatic rings. The lowest BCUT2D eigenvalue weighted by atomic mass is 10.1. The average molecular weight is 217 g/mol. The van der Waals surface area contributed by atoms with Crippen molar-refractivity contribution >= 4 is 5.91 Å². The molecule has 0 aliphatic carbocycles. The highest BCUT2D eigenvalue weighted by Gasteiger charge is 2.08. The van der Waals surface area contributed by atoms with E-state index in [1.165, 1.54) is 0 Å². The van der Waals surface area contributed by atoms with E-state index in [0.717, 1.165) is 6.42 Å². The molecule has 15 heavy (non-hydrogen) atoms. The van der Waals surface area contributed by atoms with Crippen LogP contribution in [0.1, 0.15) is 33.1 Å². The van der Waals surface area contributed by atoms with E-state index < -0.39 is 0 Å². The van der Waals surface area contributed by atoms with Crippen molar-refractivity contribution in [2.75, 3.05) is 20.3 Å². The third kappa shape index (κ3) is 8.39. The number of hydrogen-bond donors (Lipinski definition) is 2. The van der Waals surface area contributed by atoms with Gasteiger partial charge in [-0.25, -0.2) is 0 Å². The molecule has 0 bridgehead atoms. The molecule has 90 valence electrons. The summed E-state index contributed by atoms with van der Waals surface area (Å²) in [5, 5.41) is 12.0. The van der Waals surface area contributed by atoms with E-state index in [-0.39, 0.29) is 17.9 Å². The number of ether oxygens (including phenoxy) is 1. The van der Waals surface area contributed by atoms with Gasteiger partial charge in [-0.3, -0.25) is 4.79 Å². The van der Waals surface area contributed by atoms with Crippen LogP contribution in [-0.4, -0.2) is 37.4 Å². The first-order valence-electron chi connectivity index (χ1n) is 5.53. The van der Waals surface area contributed by atoms with E-state index in [1.54, 1.807) is 7.11 Å². The van der Waals surface area contributed by atoms with Gasteiger partial charge in [0.1, 0.15) is 0 Å². The number of aliphatic hydroxyl groups excluding tert-OH is 1. The van der Waals surface area contributed by atoms with Crippen LogP contribution in [0, 0.1) is 5.92 Å². The van der Waals surface area contributed by atoms with Gasteiger partial charge >= 0.3 is 0 Å². The van der Waals surface area contributed by atoms with Gasteiger partial charge in [-0.2, -0.15) is 0 Å². The highest BCUT2D eigenvalue weighted by molar-refractivity contribution is 5.76. The molecule has 4 nitrogen and oxygen atoms in total. The van der Waals surface area contributed by atoms with E-state index in [0.29, 0.717) is 26.0 Å². The van der Waals surface area contributed by atoms with Crippen LogP contribution >= 0.6 is 0 Å². The maximum atomic E-state index is 11.3. The summed E-state index contributed by atoms with van der Waals surface area (Å²) in [6.07, 6.45) is 1.54. The van der Waals surface area contributed by atoms with Crippen LogP contribution in [0.15, 0.2) is 0 Å². The van der Waals surface area contributed by atoms with Gasteiger partial charge in [-0.15, -0.1) is 0 Å². The predicted molar refractivity (Wildman–Crippen MR) is 59.6 cm³/mol. The summed E-state index contributed by atoms with van der Waals surface area (Å²) in [6.45, 7) is 5.05. The normalized spacial score (nSPS) is 14.7. The molecule has 1 amide bonds. The van der Waals surface area contributed by atoms with Gasteiger partial charge in [0.05, 0.1) is 6.10 Å². The Morgan fingerprint density at radius 1 is 1.53 bits per heavy atom. The molecule has 0 radical (unpaired) electrons. The Labute approximate surface area is 92.0 Å². The topological polar surface area (TPSA) is 58.6 Å². The second kappa shape index (κ2) is 8.68. The summed E-state index contributed by atoms with van der Waals surface area (Å²) < 4.78 is 4.94. The standard InChI is InChI=1S/C11H23NO3/c1-4-10(13)5-6-12-11(14)7-9(2)8-15-3/h9-10,13H,4-8H2,1-3H3,(H,12,14). The van der Waals surface area contributed by atoms with Gasteiger partial charge in [0.25, 0.3) is 0 Å². The Bertz CT molecular complexity index is 173. The van der Waals surface area contributed by atoms with Crippen molar-refractivity contribution in [1.82, 2.24) is 5.32 Å². The fraction of sp³-hybridized carbons (Fsp3) is 0.909. The Morgan fingerprint density at radius 2 is 2.20 bits per heavy atom. The number of carbonyl (C=O) groups excluding carboxylic acids is 1. The van der Waals surface area contributed by atoms with Gasteiger partial charge in [-0.05, 0) is 18.8 Å². The molecule has 0 fully saturated rings. The maximum absolute atomic E-state index is 11.3. The van der Waals surface area contributed by atoms with Gasteiger partial charge in [-0.1, -0.05) is 13.8 Å². The summed E-state index contributed by atoms with van der Waals surface area (Å²) in [5.41, 5.74) is 0. The zero-order chi connectivity index (χ0) is 11.7. The lowest BCUT2D eigenvalue weighted by Gasteiger charge is -2.11. The Hall–Kier alpha value is -0.610. The van der Waals surface area contributed by atoms with E-state index in [2.05, 4.69) is 5.32 Å². The number of rotatable bonds is 8. The zero-order valence-electron chi connectivity index (χ0n) is 9.95. The number of nitrogens with one attached hydrogen (secondary N) is 1. The molecule has 2 unspecified atom stereocenters. The van der Waals surface area contributed by atoms with Crippen molar-refractivity contribution in [2.45, 2.75) is 39.2 Å². The molecule has 0 saturated heterocycles. The molecular formula is C11H23NO3. The minimum atomic E-state index is -0.304. The van der Waals surface area contributed by atoms with Crippen molar-refractivity contribution in [1.29, 1.82) is 0 Å². The largest absolute Gasteiger partial charge is 0.393 e. The monoisotopic (exact) mass is 217 g/mol. The maximum Gasteiger partial charge on any atom is 0.220 e. The number of aliphatic hydroxyl groups is 1. The fourth-order valence-electron chi connectivity index (χ4n) is 1.31.